The van der Waals surface area contributed by atoms with E-state index < -0.39 is 65.6 Å². The standard InChI is InChI=1S/C28H30F5N3O3/c1-5-11-28(32,33)24(15-37)36-27(39)21(13-23(34-4)19-9-10-22(26(30)31)35-14-19)25(38)17(3)16(2)18-7-6-8-20(29)12-18/h5-14,16-17,24,26,37H,15H2,1-4H3,(H,36,39)/b11-5+,21-13+,34-23?/t16?,17?,24-/m1/s1. The number of nitrogens with zero attached hydrogens (tertiary/aromatic N) is 2. The molecule has 0 saturated carbocycles. The fourth-order valence-corrected chi connectivity index (χ4v) is 3.74. The first-order valence-corrected chi connectivity index (χ1v) is 12.0. The van der Waals surface area contributed by atoms with Crippen molar-refractivity contribution in [2.75, 3.05) is 13.7 Å². The molecule has 0 radical (unpaired) electrons. The van der Waals surface area contributed by atoms with Crippen molar-refractivity contribution in [3.63, 3.8) is 0 Å². The molecule has 0 bridgehead atoms. The Morgan fingerprint density at radius 2 is 1.87 bits per heavy atom. The van der Waals surface area contributed by atoms with Crippen LogP contribution in [0.15, 0.2) is 71.4 Å². The van der Waals surface area contributed by atoms with Gasteiger partial charge in [-0.2, -0.15) is 8.78 Å². The Hall–Kier alpha value is -3.73. The van der Waals surface area contributed by atoms with Gasteiger partial charge in [0.1, 0.15) is 17.6 Å². The van der Waals surface area contributed by atoms with Gasteiger partial charge in [-0.1, -0.05) is 32.1 Å². The number of ketones is 1. The van der Waals surface area contributed by atoms with E-state index in [4.69, 9.17) is 0 Å². The molecule has 210 valence electrons. The van der Waals surface area contributed by atoms with Gasteiger partial charge in [-0.15, -0.1) is 0 Å². The Morgan fingerprint density at radius 1 is 1.18 bits per heavy atom. The Balaban J connectivity index is 2.54. The molecule has 39 heavy (non-hydrogen) atoms. The van der Waals surface area contributed by atoms with E-state index in [9.17, 15) is 36.6 Å². The molecule has 1 heterocycles. The summed E-state index contributed by atoms with van der Waals surface area (Å²) in [5, 5.41) is 11.6. The highest BCUT2D eigenvalue weighted by Gasteiger charge is 2.39. The molecule has 2 rings (SSSR count). The number of pyridine rings is 1. The maximum absolute atomic E-state index is 14.5. The van der Waals surface area contributed by atoms with Crippen LogP contribution in [0.2, 0.25) is 0 Å². The van der Waals surface area contributed by atoms with Gasteiger partial charge in [-0.3, -0.25) is 19.6 Å². The van der Waals surface area contributed by atoms with Crippen molar-refractivity contribution in [3.8, 4) is 0 Å². The van der Waals surface area contributed by atoms with Crippen LogP contribution in [0.1, 0.15) is 49.9 Å². The number of allylic oxidation sites excluding steroid dienone is 2. The van der Waals surface area contributed by atoms with Crippen molar-refractivity contribution < 1.29 is 36.6 Å². The zero-order valence-electron chi connectivity index (χ0n) is 21.8. The summed E-state index contributed by atoms with van der Waals surface area (Å²) < 4.78 is 68.6. The van der Waals surface area contributed by atoms with Crippen LogP contribution in [-0.4, -0.2) is 53.1 Å². The number of amides is 1. The second kappa shape index (κ2) is 13.9. The molecule has 2 N–H and O–H groups in total. The number of hydrogen-bond acceptors (Lipinski definition) is 5. The first-order valence-electron chi connectivity index (χ1n) is 12.0. The average molecular weight is 552 g/mol. The van der Waals surface area contributed by atoms with Crippen molar-refractivity contribution in [1.29, 1.82) is 0 Å². The number of benzene rings is 1. The van der Waals surface area contributed by atoms with Gasteiger partial charge < -0.3 is 10.4 Å². The van der Waals surface area contributed by atoms with E-state index in [-0.39, 0.29) is 11.3 Å². The van der Waals surface area contributed by atoms with E-state index in [1.165, 1.54) is 45.2 Å². The van der Waals surface area contributed by atoms with Crippen LogP contribution in [-0.2, 0) is 9.59 Å². The Morgan fingerprint density at radius 3 is 2.38 bits per heavy atom. The third-order valence-corrected chi connectivity index (χ3v) is 6.22. The number of halogens is 5. The summed E-state index contributed by atoms with van der Waals surface area (Å²) >= 11 is 0. The van der Waals surface area contributed by atoms with Gasteiger partial charge in [0.25, 0.3) is 18.3 Å². The molecule has 0 spiro atoms. The molecule has 0 aliphatic rings. The second-order valence-corrected chi connectivity index (χ2v) is 8.82. The Labute approximate surface area is 223 Å². The second-order valence-electron chi connectivity index (χ2n) is 8.82. The topological polar surface area (TPSA) is 91.7 Å². The minimum Gasteiger partial charge on any atom is -0.394 e. The number of Topliss-reactive ketones (excluding diaryl/α,β-unsaturated/α-hetero) is 1. The quantitative estimate of drug-likeness (QED) is 0.0948. The smallest absolute Gasteiger partial charge is 0.288 e. The lowest BCUT2D eigenvalue weighted by Crippen LogP contribution is -2.50. The SMILES string of the molecule is C/C=C/C(F)(F)[C@@H](CO)NC(=O)/C(=C/C(=NC)c1ccc(C(F)F)nc1)C(=O)C(C)C(C)c1cccc(F)c1. The number of hydrogen-bond donors (Lipinski definition) is 2. The van der Waals surface area contributed by atoms with Gasteiger partial charge in [0.05, 0.1) is 17.9 Å². The molecule has 1 aromatic carbocycles. The highest BCUT2D eigenvalue weighted by molar-refractivity contribution is 6.25. The fraction of sp³-hybridized carbons (Fsp3) is 0.357. The normalized spacial score (nSPS) is 15.4. The summed E-state index contributed by atoms with van der Waals surface area (Å²) in [4.78, 5) is 34.5. The van der Waals surface area contributed by atoms with Gasteiger partial charge in [0.2, 0.25) is 0 Å². The summed E-state index contributed by atoms with van der Waals surface area (Å²) in [6.45, 7) is 3.35. The number of aliphatic imine (C=N–C) groups is 1. The lowest BCUT2D eigenvalue weighted by molar-refractivity contribution is -0.126. The van der Waals surface area contributed by atoms with Crippen LogP contribution in [0, 0.1) is 11.7 Å². The number of carbonyl (C=O) groups is 2. The molecular weight excluding hydrogens is 521 g/mol. The van der Waals surface area contributed by atoms with Crippen molar-refractivity contribution in [1.82, 2.24) is 10.3 Å². The Kier molecular flexibility index (Phi) is 11.2. The highest BCUT2D eigenvalue weighted by atomic mass is 19.3. The van der Waals surface area contributed by atoms with Crippen molar-refractivity contribution in [2.24, 2.45) is 10.9 Å². The molecule has 0 aliphatic carbocycles. The van der Waals surface area contributed by atoms with Crippen LogP contribution in [0.25, 0.3) is 0 Å². The number of rotatable bonds is 12. The van der Waals surface area contributed by atoms with E-state index in [0.717, 1.165) is 24.4 Å². The molecule has 11 heteroatoms. The van der Waals surface area contributed by atoms with Crippen molar-refractivity contribution in [2.45, 2.75) is 45.1 Å². The average Bonchev–Trinajstić information content (AvgIpc) is 2.91. The van der Waals surface area contributed by atoms with E-state index in [0.29, 0.717) is 11.6 Å². The largest absolute Gasteiger partial charge is 0.394 e. The first-order chi connectivity index (χ1) is 18.4. The van der Waals surface area contributed by atoms with E-state index in [2.05, 4.69) is 9.98 Å². The van der Waals surface area contributed by atoms with Gasteiger partial charge in [0.15, 0.2) is 5.78 Å². The number of aromatic nitrogens is 1. The monoisotopic (exact) mass is 551 g/mol. The molecule has 6 nitrogen and oxygen atoms in total. The highest BCUT2D eigenvalue weighted by Crippen LogP contribution is 2.28. The fourth-order valence-electron chi connectivity index (χ4n) is 3.74. The van der Waals surface area contributed by atoms with Crippen LogP contribution in [0.3, 0.4) is 0 Å². The van der Waals surface area contributed by atoms with E-state index >= 15 is 0 Å². The molecule has 0 saturated heterocycles. The van der Waals surface area contributed by atoms with Crippen molar-refractivity contribution >= 4 is 17.4 Å². The van der Waals surface area contributed by atoms with Crippen LogP contribution in [0.5, 0.6) is 0 Å². The number of nitrogens with one attached hydrogen (secondary N) is 1. The number of carbonyl (C=O) groups excluding carboxylic acids is 2. The number of aliphatic hydroxyl groups excluding tert-OH is 1. The number of alkyl halides is 4. The summed E-state index contributed by atoms with van der Waals surface area (Å²) in [5.74, 6) is -7.65. The third-order valence-electron chi connectivity index (χ3n) is 6.22. The predicted molar refractivity (Wildman–Crippen MR) is 138 cm³/mol. The maximum atomic E-state index is 14.5. The molecule has 0 fully saturated rings. The third kappa shape index (κ3) is 8.13. The molecule has 1 aromatic heterocycles. The van der Waals surface area contributed by atoms with Gasteiger partial charge in [-0.25, -0.2) is 13.2 Å². The zero-order chi connectivity index (χ0) is 29.3. The van der Waals surface area contributed by atoms with E-state index in [1.807, 2.05) is 5.32 Å². The summed E-state index contributed by atoms with van der Waals surface area (Å²) in [6, 6.07) is 5.81. The molecule has 2 aromatic rings. The van der Waals surface area contributed by atoms with E-state index in [1.54, 1.807) is 13.0 Å². The van der Waals surface area contributed by atoms with Gasteiger partial charge in [-0.05, 0) is 54.8 Å². The summed E-state index contributed by atoms with van der Waals surface area (Å²) in [5.41, 5.74) is -0.419. The first kappa shape index (κ1) is 31.5. The minimum absolute atomic E-state index is 0.00631. The molecule has 1 amide bonds. The number of aliphatic hydroxyl groups is 1. The van der Waals surface area contributed by atoms with Crippen LogP contribution >= 0.6 is 0 Å². The van der Waals surface area contributed by atoms with Crippen molar-refractivity contribution in [3.05, 3.63) is 89.0 Å². The lowest BCUT2D eigenvalue weighted by atomic mass is 9.83. The minimum atomic E-state index is -3.63. The molecular formula is C28H30F5N3O3. The molecule has 3 atom stereocenters. The zero-order valence-corrected chi connectivity index (χ0v) is 21.8. The summed E-state index contributed by atoms with van der Waals surface area (Å²) in [6.07, 6.45) is 0.864. The van der Waals surface area contributed by atoms with Gasteiger partial charge >= 0.3 is 0 Å². The maximum Gasteiger partial charge on any atom is 0.288 e. The lowest BCUT2D eigenvalue weighted by Gasteiger charge is -2.25. The predicted octanol–water partition coefficient (Wildman–Crippen LogP) is 5.20. The molecule has 2 unspecified atom stereocenters. The Bertz CT molecular complexity index is 1240. The van der Waals surface area contributed by atoms with Crippen LogP contribution in [0.4, 0.5) is 22.0 Å². The van der Waals surface area contributed by atoms with Gasteiger partial charge in [0, 0.05) is 24.7 Å². The molecule has 0 aliphatic heterocycles. The van der Waals surface area contributed by atoms with Crippen LogP contribution < -0.4 is 5.32 Å². The summed E-state index contributed by atoms with van der Waals surface area (Å²) in [7, 11) is 1.32.